The van der Waals surface area contributed by atoms with Gasteiger partial charge in [0.1, 0.15) is 5.82 Å². The van der Waals surface area contributed by atoms with Crippen molar-refractivity contribution in [1.29, 1.82) is 0 Å². The summed E-state index contributed by atoms with van der Waals surface area (Å²) >= 11 is 0. The standard InChI is InChI=1S/C12H24N4O/c1-4-8-17-9-6-7-14-12-11(13)10(3)15-16(12)5-2/h14H,4-9,13H2,1-3H3. The van der Waals surface area contributed by atoms with Crippen LogP contribution in [0.25, 0.3) is 0 Å². The van der Waals surface area contributed by atoms with Crippen molar-refractivity contribution in [3.05, 3.63) is 5.69 Å². The van der Waals surface area contributed by atoms with Gasteiger partial charge in [-0.3, -0.25) is 0 Å². The van der Waals surface area contributed by atoms with Crippen molar-refractivity contribution in [3.8, 4) is 0 Å². The fourth-order valence-electron chi connectivity index (χ4n) is 1.64. The van der Waals surface area contributed by atoms with E-state index in [4.69, 9.17) is 10.5 Å². The lowest BCUT2D eigenvalue weighted by Crippen LogP contribution is -2.11. The van der Waals surface area contributed by atoms with Crippen LogP contribution in [0.3, 0.4) is 0 Å². The van der Waals surface area contributed by atoms with Crippen LogP contribution in [0, 0.1) is 6.92 Å². The third kappa shape index (κ3) is 3.93. The number of aromatic nitrogens is 2. The Balaban J connectivity index is 2.35. The zero-order valence-electron chi connectivity index (χ0n) is 11.1. The highest BCUT2D eigenvalue weighted by Crippen LogP contribution is 2.21. The Labute approximate surface area is 103 Å². The molecule has 0 fully saturated rings. The highest BCUT2D eigenvalue weighted by molar-refractivity contribution is 5.64. The molecule has 0 aliphatic carbocycles. The summed E-state index contributed by atoms with van der Waals surface area (Å²) in [6.07, 6.45) is 2.05. The van der Waals surface area contributed by atoms with Crippen LogP contribution in [0.2, 0.25) is 0 Å². The predicted molar refractivity (Wildman–Crippen MR) is 71.3 cm³/mol. The summed E-state index contributed by atoms with van der Waals surface area (Å²) in [7, 11) is 0. The second-order valence-corrected chi connectivity index (χ2v) is 4.06. The molecule has 0 spiro atoms. The van der Waals surface area contributed by atoms with E-state index in [1.54, 1.807) is 0 Å². The number of nitrogens with two attached hydrogens (primary N) is 1. The van der Waals surface area contributed by atoms with Crippen molar-refractivity contribution < 1.29 is 4.74 Å². The van der Waals surface area contributed by atoms with Gasteiger partial charge in [0.05, 0.1) is 11.4 Å². The molecule has 0 atom stereocenters. The predicted octanol–water partition coefficient (Wildman–Crippen LogP) is 2.02. The van der Waals surface area contributed by atoms with Gasteiger partial charge < -0.3 is 15.8 Å². The topological polar surface area (TPSA) is 65.1 Å². The molecule has 1 heterocycles. The first kappa shape index (κ1) is 13.8. The van der Waals surface area contributed by atoms with Crippen LogP contribution in [0.4, 0.5) is 11.5 Å². The maximum atomic E-state index is 5.96. The van der Waals surface area contributed by atoms with E-state index in [1.807, 2.05) is 11.6 Å². The monoisotopic (exact) mass is 240 g/mol. The van der Waals surface area contributed by atoms with E-state index in [1.165, 1.54) is 0 Å². The molecule has 0 amide bonds. The minimum Gasteiger partial charge on any atom is -0.394 e. The van der Waals surface area contributed by atoms with Crippen molar-refractivity contribution >= 4 is 11.5 Å². The van der Waals surface area contributed by atoms with E-state index >= 15 is 0 Å². The van der Waals surface area contributed by atoms with Crippen LogP contribution < -0.4 is 11.1 Å². The van der Waals surface area contributed by atoms with Gasteiger partial charge in [0, 0.05) is 26.3 Å². The summed E-state index contributed by atoms with van der Waals surface area (Å²) in [6, 6.07) is 0. The molecule has 0 bridgehead atoms. The largest absolute Gasteiger partial charge is 0.394 e. The minimum atomic E-state index is 0.751. The quantitative estimate of drug-likeness (QED) is 0.682. The number of rotatable bonds is 8. The molecule has 5 heteroatoms. The number of nitrogens with one attached hydrogen (secondary N) is 1. The Morgan fingerprint density at radius 1 is 1.35 bits per heavy atom. The molecule has 1 aromatic heterocycles. The molecule has 98 valence electrons. The molecule has 0 saturated heterocycles. The SMILES string of the molecule is CCCOCCCNc1c(N)c(C)nn1CC. The number of hydrogen-bond donors (Lipinski definition) is 2. The molecule has 0 saturated carbocycles. The Hall–Kier alpha value is -1.23. The van der Waals surface area contributed by atoms with Crippen LogP contribution in [-0.4, -0.2) is 29.5 Å². The van der Waals surface area contributed by atoms with E-state index in [0.29, 0.717) is 0 Å². The lowest BCUT2D eigenvalue weighted by Gasteiger charge is -2.09. The zero-order valence-corrected chi connectivity index (χ0v) is 11.1. The maximum absolute atomic E-state index is 5.96. The first-order chi connectivity index (χ1) is 8.20. The lowest BCUT2D eigenvalue weighted by atomic mass is 10.3. The smallest absolute Gasteiger partial charge is 0.148 e. The van der Waals surface area contributed by atoms with Gasteiger partial charge >= 0.3 is 0 Å². The molecule has 3 N–H and O–H groups in total. The van der Waals surface area contributed by atoms with E-state index in [-0.39, 0.29) is 0 Å². The molecule has 5 nitrogen and oxygen atoms in total. The molecule has 1 aromatic rings. The van der Waals surface area contributed by atoms with Gasteiger partial charge in [-0.15, -0.1) is 0 Å². The molecule has 0 aromatic carbocycles. The van der Waals surface area contributed by atoms with Crippen molar-refractivity contribution in [2.75, 3.05) is 30.8 Å². The van der Waals surface area contributed by atoms with Gasteiger partial charge in [0.25, 0.3) is 0 Å². The van der Waals surface area contributed by atoms with Crippen molar-refractivity contribution in [1.82, 2.24) is 9.78 Å². The molecule has 0 aliphatic rings. The van der Waals surface area contributed by atoms with E-state index in [0.717, 1.165) is 56.3 Å². The van der Waals surface area contributed by atoms with Crippen molar-refractivity contribution in [2.45, 2.75) is 40.2 Å². The number of aryl methyl sites for hydroxylation is 2. The number of nitrogen functional groups attached to an aromatic ring is 1. The Kier molecular flexibility index (Phi) is 5.83. The highest BCUT2D eigenvalue weighted by atomic mass is 16.5. The summed E-state index contributed by atoms with van der Waals surface area (Å²) in [5.41, 5.74) is 7.60. The summed E-state index contributed by atoms with van der Waals surface area (Å²) in [4.78, 5) is 0. The molecule has 0 aliphatic heterocycles. The fourth-order valence-corrected chi connectivity index (χ4v) is 1.64. The van der Waals surface area contributed by atoms with Crippen LogP contribution in [-0.2, 0) is 11.3 Å². The molecule has 17 heavy (non-hydrogen) atoms. The van der Waals surface area contributed by atoms with Gasteiger partial charge in [-0.2, -0.15) is 5.10 Å². The van der Waals surface area contributed by atoms with Gasteiger partial charge in [0.2, 0.25) is 0 Å². The van der Waals surface area contributed by atoms with Crippen molar-refractivity contribution in [3.63, 3.8) is 0 Å². The maximum Gasteiger partial charge on any atom is 0.148 e. The summed E-state index contributed by atoms with van der Waals surface area (Å²) in [5, 5.41) is 7.68. The number of hydrogen-bond acceptors (Lipinski definition) is 4. The van der Waals surface area contributed by atoms with E-state index < -0.39 is 0 Å². The second kappa shape index (κ2) is 7.17. The van der Waals surface area contributed by atoms with Crippen LogP contribution in [0.5, 0.6) is 0 Å². The molecule has 0 unspecified atom stereocenters. The third-order valence-corrected chi connectivity index (χ3v) is 2.58. The number of anilines is 2. The van der Waals surface area contributed by atoms with Crippen molar-refractivity contribution in [2.24, 2.45) is 0 Å². The molecular weight excluding hydrogens is 216 g/mol. The summed E-state index contributed by atoms with van der Waals surface area (Å²) in [6.45, 7) is 9.42. The molecule has 0 radical (unpaired) electrons. The van der Waals surface area contributed by atoms with Gasteiger partial charge in [-0.05, 0) is 26.7 Å². The Morgan fingerprint density at radius 2 is 2.12 bits per heavy atom. The lowest BCUT2D eigenvalue weighted by molar-refractivity contribution is 0.134. The Morgan fingerprint density at radius 3 is 2.76 bits per heavy atom. The van der Waals surface area contributed by atoms with E-state index in [2.05, 4.69) is 24.3 Å². The van der Waals surface area contributed by atoms with E-state index in [9.17, 15) is 0 Å². The number of ether oxygens (including phenoxy) is 1. The average molecular weight is 240 g/mol. The Bertz CT molecular complexity index is 335. The molecular formula is C12H24N4O. The minimum absolute atomic E-state index is 0.751. The summed E-state index contributed by atoms with van der Waals surface area (Å²) in [5.74, 6) is 0.931. The highest BCUT2D eigenvalue weighted by Gasteiger charge is 2.10. The van der Waals surface area contributed by atoms with Crippen LogP contribution in [0.1, 0.15) is 32.4 Å². The number of nitrogens with zero attached hydrogens (tertiary/aromatic N) is 2. The van der Waals surface area contributed by atoms with Gasteiger partial charge in [-0.25, -0.2) is 4.68 Å². The van der Waals surface area contributed by atoms with Crippen LogP contribution in [0.15, 0.2) is 0 Å². The first-order valence-corrected chi connectivity index (χ1v) is 6.35. The molecule has 1 rings (SSSR count). The van der Waals surface area contributed by atoms with Crippen LogP contribution >= 0.6 is 0 Å². The second-order valence-electron chi connectivity index (χ2n) is 4.06. The average Bonchev–Trinajstić information content (AvgIpc) is 2.60. The van der Waals surface area contributed by atoms with Gasteiger partial charge in [0.15, 0.2) is 0 Å². The summed E-state index contributed by atoms with van der Waals surface area (Å²) < 4.78 is 7.32. The zero-order chi connectivity index (χ0) is 12.7. The van der Waals surface area contributed by atoms with Gasteiger partial charge in [-0.1, -0.05) is 6.92 Å². The fraction of sp³-hybridized carbons (Fsp3) is 0.750. The third-order valence-electron chi connectivity index (χ3n) is 2.58. The first-order valence-electron chi connectivity index (χ1n) is 6.35. The normalized spacial score (nSPS) is 10.8.